The van der Waals surface area contributed by atoms with E-state index < -0.39 is 16.0 Å². The molecule has 2 aromatic rings. The molecule has 3 N–H and O–H groups in total. The van der Waals surface area contributed by atoms with Crippen molar-refractivity contribution in [3.8, 4) is 0 Å². The molecule has 102 valence electrons. The normalized spacial score (nSPS) is 11.6. The number of carboxylic acid groups (broad SMARTS) is 1. The summed E-state index contributed by atoms with van der Waals surface area (Å²) < 4.78 is 26.4. The van der Waals surface area contributed by atoms with E-state index in [-0.39, 0.29) is 17.2 Å². The Morgan fingerprint density at radius 1 is 1.47 bits per heavy atom. The van der Waals surface area contributed by atoms with Crippen LogP contribution in [0.25, 0.3) is 0 Å². The average Bonchev–Trinajstić information content (AvgIpc) is 2.96. The van der Waals surface area contributed by atoms with Gasteiger partial charge in [0.05, 0.1) is 19.3 Å². The molecule has 7 nitrogen and oxygen atoms in total. The Morgan fingerprint density at radius 2 is 2.26 bits per heavy atom. The van der Waals surface area contributed by atoms with Crippen LogP contribution in [0.4, 0.5) is 0 Å². The van der Waals surface area contributed by atoms with Crippen molar-refractivity contribution in [2.45, 2.75) is 17.2 Å². The molecule has 0 aliphatic carbocycles. The van der Waals surface area contributed by atoms with Gasteiger partial charge in [-0.2, -0.15) is 0 Å². The number of carbonyl (C=O) groups is 1. The number of aromatic amines is 1. The van der Waals surface area contributed by atoms with Gasteiger partial charge < -0.3 is 10.1 Å². The van der Waals surface area contributed by atoms with Crippen molar-refractivity contribution in [1.29, 1.82) is 0 Å². The van der Waals surface area contributed by atoms with Gasteiger partial charge in [0.15, 0.2) is 0 Å². The topological polar surface area (TPSA) is 112 Å². The predicted molar refractivity (Wildman–Crippen MR) is 68.3 cm³/mol. The van der Waals surface area contributed by atoms with Crippen LogP contribution in [-0.2, 0) is 27.8 Å². The molecule has 0 unspecified atom stereocenters. The van der Waals surface area contributed by atoms with E-state index in [1.54, 1.807) is 0 Å². The van der Waals surface area contributed by atoms with Crippen LogP contribution in [0.2, 0.25) is 0 Å². The summed E-state index contributed by atoms with van der Waals surface area (Å²) in [5.74, 6) is -0.990. The van der Waals surface area contributed by atoms with Crippen molar-refractivity contribution in [3.05, 3.63) is 35.2 Å². The summed E-state index contributed by atoms with van der Waals surface area (Å²) in [6.45, 7) is 0.106. The number of thiophene rings is 1. The molecular weight excluding hydrogens is 290 g/mol. The molecule has 0 fully saturated rings. The fourth-order valence-corrected chi connectivity index (χ4v) is 3.77. The van der Waals surface area contributed by atoms with Gasteiger partial charge >= 0.3 is 5.97 Å². The first kappa shape index (κ1) is 13.7. The number of sulfonamides is 1. The Morgan fingerprint density at radius 3 is 2.89 bits per heavy atom. The zero-order valence-corrected chi connectivity index (χ0v) is 11.3. The van der Waals surface area contributed by atoms with Gasteiger partial charge in [-0.05, 0) is 12.1 Å². The number of nitrogens with zero attached hydrogens (tertiary/aromatic N) is 1. The fraction of sp³-hybridized carbons (Fsp3) is 0.200. The number of imidazole rings is 1. The fourth-order valence-electron chi connectivity index (χ4n) is 1.37. The number of hydrogen-bond acceptors (Lipinski definition) is 5. The van der Waals surface area contributed by atoms with E-state index in [0.717, 1.165) is 11.3 Å². The van der Waals surface area contributed by atoms with Gasteiger partial charge in [-0.25, -0.2) is 18.1 Å². The molecule has 0 amide bonds. The smallest absolute Gasteiger partial charge is 0.308 e. The molecule has 0 radical (unpaired) electrons. The maximum atomic E-state index is 11.9. The van der Waals surface area contributed by atoms with Crippen LogP contribution in [0.5, 0.6) is 0 Å². The van der Waals surface area contributed by atoms with E-state index in [4.69, 9.17) is 5.11 Å². The maximum Gasteiger partial charge on any atom is 0.308 e. The number of aromatic nitrogens is 2. The van der Waals surface area contributed by atoms with Gasteiger partial charge in [-0.15, -0.1) is 11.3 Å². The summed E-state index contributed by atoms with van der Waals surface area (Å²) >= 11 is 0.948. The van der Waals surface area contributed by atoms with E-state index in [1.807, 2.05) is 0 Å². The first-order chi connectivity index (χ1) is 8.97. The maximum absolute atomic E-state index is 11.9. The largest absolute Gasteiger partial charge is 0.481 e. The molecule has 2 heterocycles. The van der Waals surface area contributed by atoms with Gasteiger partial charge in [-0.3, -0.25) is 4.79 Å². The Balaban J connectivity index is 2.06. The molecule has 2 aromatic heterocycles. The van der Waals surface area contributed by atoms with Gasteiger partial charge in [0, 0.05) is 16.8 Å². The summed E-state index contributed by atoms with van der Waals surface area (Å²) in [6, 6.07) is 2.90. The van der Waals surface area contributed by atoms with Crippen LogP contribution >= 0.6 is 11.3 Å². The first-order valence-electron chi connectivity index (χ1n) is 5.25. The number of H-pyrrole nitrogens is 1. The second-order valence-electron chi connectivity index (χ2n) is 3.69. The quantitative estimate of drug-likeness (QED) is 0.722. The average molecular weight is 301 g/mol. The Kier molecular flexibility index (Phi) is 3.98. The molecule has 19 heavy (non-hydrogen) atoms. The van der Waals surface area contributed by atoms with Gasteiger partial charge in [0.25, 0.3) is 0 Å². The third kappa shape index (κ3) is 3.63. The minimum Gasteiger partial charge on any atom is -0.481 e. The van der Waals surface area contributed by atoms with Crippen molar-refractivity contribution in [2.75, 3.05) is 0 Å². The SMILES string of the molecule is O=C(O)Cc1ccc(S(=O)(=O)NCc2cnc[nH]2)s1. The lowest BCUT2D eigenvalue weighted by Crippen LogP contribution is -2.22. The highest BCUT2D eigenvalue weighted by Gasteiger charge is 2.17. The highest BCUT2D eigenvalue weighted by atomic mass is 32.2. The molecule has 9 heteroatoms. The zero-order chi connectivity index (χ0) is 13.9. The minimum absolute atomic E-state index is 0.100. The van der Waals surface area contributed by atoms with Crippen molar-refractivity contribution in [1.82, 2.24) is 14.7 Å². The summed E-state index contributed by atoms with van der Waals surface area (Å²) in [5, 5.41) is 8.64. The van der Waals surface area contributed by atoms with Gasteiger partial charge in [0.1, 0.15) is 4.21 Å². The molecule has 2 rings (SSSR count). The molecule has 0 bridgehead atoms. The number of aliphatic carboxylic acids is 1. The lowest BCUT2D eigenvalue weighted by Gasteiger charge is -2.02. The van der Waals surface area contributed by atoms with Crippen LogP contribution in [0.1, 0.15) is 10.6 Å². The number of rotatable bonds is 6. The second kappa shape index (κ2) is 5.51. The standard InChI is InChI=1S/C10H11N3O4S2/c14-9(15)3-8-1-2-10(18-8)19(16,17)13-5-7-4-11-6-12-7/h1-2,4,6,13H,3,5H2,(H,11,12)(H,14,15). The zero-order valence-electron chi connectivity index (χ0n) is 9.66. The summed E-state index contributed by atoms with van der Waals surface area (Å²) in [4.78, 5) is 17.6. The number of carboxylic acids is 1. The molecular formula is C10H11N3O4S2. The van der Waals surface area contributed by atoms with E-state index in [9.17, 15) is 13.2 Å². The third-order valence-electron chi connectivity index (χ3n) is 2.23. The van der Waals surface area contributed by atoms with Gasteiger partial charge in [0.2, 0.25) is 10.0 Å². The van der Waals surface area contributed by atoms with Crippen LogP contribution < -0.4 is 4.72 Å². The Bertz CT molecular complexity index is 661. The molecule has 0 atom stereocenters. The van der Waals surface area contributed by atoms with Crippen molar-refractivity contribution >= 4 is 27.3 Å². The van der Waals surface area contributed by atoms with E-state index in [1.165, 1.54) is 24.7 Å². The summed E-state index contributed by atoms with van der Waals surface area (Å²) in [7, 11) is -3.62. The highest BCUT2D eigenvalue weighted by Crippen LogP contribution is 2.22. The Hall–Kier alpha value is -1.71. The van der Waals surface area contributed by atoms with Crippen LogP contribution in [0, 0.1) is 0 Å². The van der Waals surface area contributed by atoms with Crippen LogP contribution in [0.15, 0.2) is 28.9 Å². The van der Waals surface area contributed by atoms with Crippen molar-refractivity contribution in [2.24, 2.45) is 0 Å². The lowest BCUT2D eigenvalue weighted by atomic mass is 10.3. The van der Waals surface area contributed by atoms with E-state index >= 15 is 0 Å². The number of hydrogen-bond donors (Lipinski definition) is 3. The van der Waals surface area contributed by atoms with Crippen molar-refractivity contribution in [3.63, 3.8) is 0 Å². The summed E-state index contributed by atoms with van der Waals surface area (Å²) in [5.41, 5.74) is 0.644. The monoisotopic (exact) mass is 301 g/mol. The Labute approximate surface area is 113 Å². The molecule has 0 spiro atoms. The van der Waals surface area contributed by atoms with Crippen molar-refractivity contribution < 1.29 is 18.3 Å². The lowest BCUT2D eigenvalue weighted by molar-refractivity contribution is -0.136. The highest BCUT2D eigenvalue weighted by molar-refractivity contribution is 7.91. The van der Waals surface area contributed by atoms with Gasteiger partial charge in [-0.1, -0.05) is 0 Å². The molecule has 0 saturated carbocycles. The predicted octanol–water partition coefficient (Wildman–Crippen LogP) is 0.577. The van der Waals surface area contributed by atoms with Crippen LogP contribution in [0.3, 0.4) is 0 Å². The third-order valence-corrected chi connectivity index (χ3v) is 5.21. The minimum atomic E-state index is -3.62. The second-order valence-corrected chi connectivity index (χ2v) is 6.85. The van der Waals surface area contributed by atoms with E-state index in [0.29, 0.717) is 10.6 Å². The molecule has 0 aromatic carbocycles. The summed E-state index contributed by atoms with van der Waals surface area (Å²) in [6.07, 6.45) is 2.80. The molecule has 0 saturated heterocycles. The number of nitrogens with one attached hydrogen (secondary N) is 2. The molecule has 0 aliphatic heterocycles. The first-order valence-corrected chi connectivity index (χ1v) is 7.55. The van der Waals surface area contributed by atoms with E-state index in [2.05, 4.69) is 14.7 Å². The van der Waals surface area contributed by atoms with Crippen LogP contribution in [-0.4, -0.2) is 29.5 Å². The molecule has 0 aliphatic rings.